The van der Waals surface area contributed by atoms with E-state index in [0.29, 0.717) is 24.9 Å². The third-order valence-electron chi connectivity index (χ3n) is 11.4. The van der Waals surface area contributed by atoms with Crippen molar-refractivity contribution in [3.63, 3.8) is 0 Å². The Morgan fingerprint density at radius 3 is 2.10 bits per heavy atom. The summed E-state index contributed by atoms with van der Waals surface area (Å²) in [5.41, 5.74) is 1.15. The van der Waals surface area contributed by atoms with E-state index in [-0.39, 0.29) is 29.8 Å². The Balaban J connectivity index is 1.16. The van der Waals surface area contributed by atoms with Gasteiger partial charge in [-0.2, -0.15) is 0 Å². The van der Waals surface area contributed by atoms with Crippen molar-refractivity contribution in [3.8, 4) is 0 Å². The van der Waals surface area contributed by atoms with E-state index in [4.69, 9.17) is 0 Å². The molecule has 6 rings (SSSR count). The number of benzene rings is 1. The Morgan fingerprint density at radius 1 is 0.905 bits per heavy atom. The lowest BCUT2D eigenvalue weighted by Crippen LogP contribution is -2.61. The second kappa shape index (κ2) is 12.8. The van der Waals surface area contributed by atoms with Gasteiger partial charge >= 0.3 is 6.03 Å². The summed E-state index contributed by atoms with van der Waals surface area (Å²) < 4.78 is 13.7. The molecule has 232 valence electrons. The first-order chi connectivity index (χ1) is 20.3. The monoisotopic (exact) mass is 581 g/mol. The Hall–Kier alpha value is -2.19. The van der Waals surface area contributed by atoms with Gasteiger partial charge in [0.2, 0.25) is 5.91 Å². The van der Waals surface area contributed by atoms with Gasteiger partial charge in [-0.05, 0) is 94.2 Å². The van der Waals surface area contributed by atoms with Crippen molar-refractivity contribution in [3.05, 3.63) is 35.6 Å². The summed E-state index contributed by atoms with van der Waals surface area (Å²) in [6.45, 7) is 8.11. The number of piperidine rings is 1. The van der Waals surface area contributed by atoms with Crippen LogP contribution in [-0.2, 0) is 11.2 Å². The van der Waals surface area contributed by atoms with E-state index in [9.17, 15) is 14.0 Å². The molecule has 2 bridgehead atoms. The van der Waals surface area contributed by atoms with Gasteiger partial charge < -0.3 is 20.4 Å². The summed E-state index contributed by atoms with van der Waals surface area (Å²) in [6, 6.07) is 7.43. The van der Waals surface area contributed by atoms with Crippen LogP contribution in [0.4, 0.5) is 9.18 Å². The molecule has 4 heterocycles. The number of nitrogens with zero attached hydrogens (tertiary/aromatic N) is 3. The van der Waals surface area contributed by atoms with Gasteiger partial charge in [0.25, 0.3) is 0 Å². The smallest absolute Gasteiger partial charge is 0.318 e. The molecule has 4 aliphatic heterocycles. The third kappa shape index (κ3) is 6.50. The molecule has 1 aromatic rings. The lowest BCUT2D eigenvalue weighted by atomic mass is 9.63. The summed E-state index contributed by atoms with van der Waals surface area (Å²) in [6.07, 6.45) is 14.7. The second-order valence-corrected chi connectivity index (χ2v) is 14.4. The molecule has 7 nitrogen and oxygen atoms in total. The van der Waals surface area contributed by atoms with Crippen LogP contribution >= 0.6 is 0 Å². The van der Waals surface area contributed by atoms with Crippen molar-refractivity contribution in [2.75, 3.05) is 32.7 Å². The van der Waals surface area contributed by atoms with Crippen LogP contribution in [0.3, 0.4) is 0 Å². The van der Waals surface area contributed by atoms with Crippen LogP contribution < -0.4 is 10.6 Å². The van der Waals surface area contributed by atoms with Gasteiger partial charge in [-0.3, -0.25) is 9.69 Å². The Bertz CT molecular complexity index is 1050. The summed E-state index contributed by atoms with van der Waals surface area (Å²) in [5, 5.41) is 6.59. The van der Waals surface area contributed by atoms with Gasteiger partial charge in [-0.25, -0.2) is 9.18 Å². The van der Waals surface area contributed by atoms with Crippen molar-refractivity contribution >= 4 is 11.9 Å². The molecule has 4 saturated heterocycles. The van der Waals surface area contributed by atoms with E-state index in [2.05, 4.69) is 29.4 Å². The fraction of sp³-hybridized carbons (Fsp3) is 0.765. The van der Waals surface area contributed by atoms with Crippen LogP contribution in [0.5, 0.6) is 0 Å². The number of piperazine rings is 1. The molecule has 8 heteroatoms. The number of carbonyl (C=O) groups excluding carboxylic acids is 2. The minimum Gasteiger partial charge on any atom is -0.341 e. The summed E-state index contributed by atoms with van der Waals surface area (Å²) >= 11 is 0. The molecular formula is C34H52FN5O2. The normalized spacial score (nSPS) is 30.8. The molecule has 1 aliphatic carbocycles. The highest BCUT2D eigenvalue weighted by atomic mass is 19.1. The maximum absolute atomic E-state index is 14.2. The van der Waals surface area contributed by atoms with Crippen LogP contribution in [0.15, 0.2) is 24.3 Å². The molecule has 3 amide bonds. The van der Waals surface area contributed by atoms with E-state index in [0.717, 1.165) is 49.5 Å². The van der Waals surface area contributed by atoms with Crippen LogP contribution in [-0.4, -0.2) is 89.6 Å². The van der Waals surface area contributed by atoms with Gasteiger partial charge in [0.1, 0.15) is 11.9 Å². The van der Waals surface area contributed by atoms with Crippen LogP contribution in [0.2, 0.25) is 0 Å². The molecule has 0 aromatic heterocycles. The quantitative estimate of drug-likeness (QED) is 0.479. The van der Waals surface area contributed by atoms with E-state index in [1.54, 1.807) is 12.1 Å². The van der Waals surface area contributed by atoms with Crippen molar-refractivity contribution in [1.82, 2.24) is 25.3 Å². The maximum Gasteiger partial charge on any atom is 0.318 e. The first-order valence-corrected chi connectivity index (χ1v) is 16.9. The Labute approximate surface area is 251 Å². The van der Waals surface area contributed by atoms with Crippen molar-refractivity contribution in [1.29, 1.82) is 0 Å². The predicted octanol–water partition coefficient (Wildman–Crippen LogP) is 4.94. The van der Waals surface area contributed by atoms with E-state index >= 15 is 0 Å². The third-order valence-corrected chi connectivity index (χ3v) is 11.4. The Morgan fingerprint density at radius 2 is 1.50 bits per heavy atom. The number of amides is 3. The number of likely N-dealkylation sites (tertiary alicyclic amines) is 1. The molecule has 5 fully saturated rings. The number of fused-ring (bicyclic) bond motifs is 2. The fourth-order valence-electron chi connectivity index (χ4n) is 9.23. The summed E-state index contributed by atoms with van der Waals surface area (Å²) in [5.74, 6) is 0.466. The van der Waals surface area contributed by atoms with Crippen molar-refractivity contribution < 1.29 is 14.0 Å². The number of hydrogen-bond acceptors (Lipinski definition) is 4. The first kappa shape index (κ1) is 29.9. The highest BCUT2D eigenvalue weighted by Gasteiger charge is 2.49. The highest BCUT2D eigenvalue weighted by Crippen LogP contribution is 2.49. The number of hydrogen-bond donors (Lipinski definition) is 2. The van der Waals surface area contributed by atoms with Crippen molar-refractivity contribution in [2.45, 2.75) is 121 Å². The predicted molar refractivity (Wildman–Crippen MR) is 164 cm³/mol. The minimum absolute atomic E-state index is 0.00222. The van der Waals surface area contributed by atoms with Gasteiger partial charge in [0, 0.05) is 63.3 Å². The topological polar surface area (TPSA) is 67.9 Å². The zero-order valence-electron chi connectivity index (χ0n) is 25.8. The molecule has 3 atom stereocenters. The summed E-state index contributed by atoms with van der Waals surface area (Å²) in [7, 11) is 0. The average Bonchev–Trinajstić information content (AvgIpc) is 3.56. The van der Waals surface area contributed by atoms with E-state index in [1.807, 2.05) is 9.80 Å². The first-order valence-electron chi connectivity index (χ1n) is 16.9. The maximum atomic E-state index is 14.2. The standard InChI is InChI=1S/C34H52FN5O2/c1-24-21-39(22-25(2)36-24)33(42)37-31(20-26-8-10-28(35)11-9-26)32(41)38-18-16-34(17-19-38,27-6-4-3-5-7-27)23-40-29-12-13-30(40)15-14-29/h8-11,24-25,27,29-31,36H,3-7,12-23H2,1-2H3,(H,37,42)/t24?,25?,29?,30?,31-/m1/s1. The lowest BCUT2D eigenvalue weighted by Gasteiger charge is -2.50. The number of carbonyl (C=O) groups is 2. The molecule has 5 aliphatic rings. The number of urea groups is 1. The van der Waals surface area contributed by atoms with Gasteiger partial charge in [-0.15, -0.1) is 0 Å². The SMILES string of the molecule is CC1CN(C(=O)N[C@H](Cc2ccc(F)cc2)C(=O)N2CCC(CN3C4CCC3CC4)(C3CCCCC3)CC2)CC(C)N1. The molecular weight excluding hydrogens is 529 g/mol. The molecule has 2 unspecified atom stereocenters. The highest BCUT2D eigenvalue weighted by molar-refractivity contribution is 5.87. The van der Waals surface area contributed by atoms with E-state index in [1.165, 1.54) is 76.5 Å². The minimum atomic E-state index is -0.667. The zero-order valence-corrected chi connectivity index (χ0v) is 25.8. The molecule has 42 heavy (non-hydrogen) atoms. The summed E-state index contributed by atoms with van der Waals surface area (Å²) in [4.78, 5) is 34.3. The van der Waals surface area contributed by atoms with Crippen LogP contribution in [0.25, 0.3) is 0 Å². The zero-order chi connectivity index (χ0) is 29.3. The van der Waals surface area contributed by atoms with Crippen LogP contribution in [0, 0.1) is 17.2 Å². The number of nitrogens with one attached hydrogen (secondary N) is 2. The molecule has 2 N–H and O–H groups in total. The van der Waals surface area contributed by atoms with Gasteiger partial charge in [-0.1, -0.05) is 31.4 Å². The van der Waals surface area contributed by atoms with Crippen LogP contribution in [0.1, 0.15) is 90.0 Å². The largest absolute Gasteiger partial charge is 0.341 e. The second-order valence-electron chi connectivity index (χ2n) is 14.4. The molecule has 0 spiro atoms. The van der Waals surface area contributed by atoms with Gasteiger partial charge in [0.15, 0.2) is 0 Å². The average molecular weight is 582 g/mol. The molecule has 1 aromatic carbocycles. The Kier molecular flexibility index (Phi) is 9.11. The number of rotatable bonds is 7. The fourth-order valence-corrected chi connectivity index (χ4v) is 9.23. The van der Waals surface area contributed by atoms with Crippen molar-refractivity contribution in [2.24, 2.45) is 11.3 Å². The molecule has 1 saturated carbocycles. The lowest BCUT2D eigenvalue weighted by molar-refractivity contribution is -0.137. The molecule has 0 radical (unpaired) electrons. The number of halogens is 1. The van der Waals surface area contributed by atoms with Gasteiger partial charge in [0.05, 0.1) is 0 Å². The van der Waals surface area contributed by atoms with E-state index < -0.39 is 6.04 Å².